The van der Waals surface area contributed by atoms with Crippen molar-refractivity contribution in [2.24, 2.45) is 7.05 Å². The monoisotopic (exact) mass is 380 g/mol. The van der Waals surface area contributed by atoms with E-state index < -0.39 is 10.0 Å². The van der Waals surface area contributed by atoms with Crippen molar-refractivity contribution >= 4 is 32.7 Å². The van der Waals surface area contributed by atoms with E-state index in [1.165, 1.54) is 10.5 Å². The Morgan fingerprint density at radius 2 is 2.16 bits per heavy atom. The van der Waals surface area contributed by atoms with E-state index in [1.807, 2.05) is 11.6 Å². The average molecular weight is 381 g/mol. The predicted molar refractivity (Wildman–Crippen MR) is 93.8 cm³/mol. The van der Waals surface area contributed by atoms with E-state index in [1.54, 1.807) is 24.7 Å². The Labute approximate surface area is 149 Å². The number of hydrogen-bond donors (Lipinski definition) is 2. The van der Waals surface area contributed by atoms with Gasteiger partial charge in [0.2, 0.25) is 10.0 Å². The molecule has 1 atom stereocenters. The lowest BCUT2D eigenvalue weighted by Gasteiger charge is -2.34. The van der Waals surface area contributed by atoms with E-state index >= 15 is 0 Å². The van der Waals surface area contributed by atoms with Crippen LogP contribution in [0.1, 0.15) is 11.9 Å². The Morgan fingerprint density at radius 1 is 1.32 bits per heavy atom. The van der Waals surface area contributed by atoms with Gasteiger partial charge in [0.15, 0.2) is 0 Å². The second-order valence-corrected chi connectivity index (χ2v) is 8.17. The quantitative estimate of drug-likeness (QED) is 0.713. The second kappa shape index (κ2) is 6.10. The number of sulfonamides is 1. The summed E-state index contributed by atoms with van der Waals surface area (Å²) in [6, 6.07) is 1.20. The highest BCUT2D eigenvalue weighted by Crippen LogP contribution is 2.34. The van der Waals surface area contributed by atoms with E-state index in [0.29, 0.717) is 41.5 Å². The molecule has 0 saturated carbocycles. The molecule has 0 radical (unpaired) electrons. The van der Waals surface area contributed by atoms with Crippen molar-refractivity contribution in [3.8, 4) is 0 Å². The zero-order chi connectivity index (χ0) is 17.6. The molecule has 1 aliphatic heterocycles. The Balaban J connectivity index is 1.84. The maximum absolute atomic E-state index is 13.4. The van der Waals surface area contributed by atoms with E-state index in [2.05, 4.69) is 20.3 Å². The number of piperazine rings is 1. The topological polar surface area (TPSA) is 95.9 Å². The SMILES string of the molecule is Cn1ccnc1C1CNCCN1S(=O)(=O)c1c[nH]c2nccc(Cl)c12. The summed E-state index contributed by atoms with van der Waals surface area (Å²) in [5, 5.41) is 4.01. The first-order valence-electron chi connectivity index (χ1n) is 7.81. The molecule has 1 aliphatic rings. The first-order chi connectivity index (χ1) is 12.0. The van der Waals surface area contributed by atoms with Crippen LogP contribution in [-0.4, -0.2) is 51.9 Å². The molecule has 0 aliphatic carbocycles. The summed E-state index contributed by atoms with van der Waals surface area (Å²) in [5.74, 6) is 0.694. The molecule has 2 N–H and O–H groups in total. The Bertz CT molecular complexity index is 1030. The van der Waals surface area contributed by atoms with Gasteiger partial charge in [0.25, 0.3) is 0 Å². The molecule has 1 fully saturated rings. The molecule has 1 saturated heterocycles. The van der Waals surface area contributed by atoms with Crippen LogP contribution in [0.3, 0.4) is 0 Å². The molecule has 0 bridgehead atoms. The highest BCUT2D eigenvalue weighted by molar-refractivity contribution is 7.89. The van der Waals surface area contributed by atoms with Gasteiger partial charge in [-0.25, -0.2) is 18.4 Å². The van der Waals surface area contributed by atoms with Gasteiger partial charge in [0, 0.05) is 51.5 Å². The van der Waals surface area contributed by atoms with Crippen molar-refractivity contribution in [2.45, 2.75) is 10.9 Å². The minimum atomic E-state index is -3.78. The number of aryl methyl sites for hydroxylation is 1. The van der Waals surface area contributed by atoms with Crippen LogP contribution in [0.25, 0.3) is 11.0 Å². The number of fused-ring (bicyclic) bond motifs is 1. The summed E-state index contributed by atoms with van der Waals surface area (Å²) in [5.41, 5.74) is 0.453. The maximum atomic E-state index is 13.4. The Kier molecular flexibility index (Phi) is 4.03. The molecular weight excluding hydrogens is 364 g/mol. The highest BCUT2D eigenvalue weighted by Gasteiger charge is 2.38. The Hall–Kier alpha value is -1.94. The molecule has 3 aromatic heterocycles. The largest absolute Gasteiger partial charge is 0.345 e. The highest BCUT2D eigenvalue weighted by atomic mass is 35.5. The maximum Gasteiger partial charge on any atom is 0.246 e. The van der Waals surface area contributed by atoms with Crippen LogP contribution in [0.15, 0.2) is 35.7 Å². The number of hydrogen-bond acceptors (Lipinski definition) is 5. The van der Waals surface area contributed by atoms with Gasteiger partial charge in [0.05, 0.1) is 16.5 Å². The number of nitrogens with zero attached hydrogens (tertiary/aromatic N) is 4. The molecule has 25 heavy (non-hydrogen) atoms. The average Bonchev–Trinajstić information content (AvgIpc) is 3.22. The van der Waals surface area contributed by atoms with Gasteiger partial charge in [-0.2, -0.15) is 4.31 Å². The first kappa shape index (κ1) is 16.5. The number of pyridine rings is 1. The van der Waals surface area contributed by atoms with E-state index in [0.717, 1.165) is 0 Å². The standard InChI is InChI=1S/C15H17ClN6O2S/c1-21-6-5-19-15(21)11-8-17-4-7-22(11)25(23,24)12-9-20-14-13(12)10(16)2-3-18-14/h2-3,5-6,9,11,17H,4,7-8H2,1H3,(H,18,20). The number of aromatic nitrogens is 4. The number of nitrogens with one attached hydrogen (secondary N) is 2. The van der Waals surface area contributed by atoms with Crippen molar-refractivity contribution in [2.75, 3.05) is 19.6 Å². The lowest BCUT2D eigenvalue weighted by atomic mass is 10.2. The van der Waals surface area contributed by atoms with Crippen LogP contribution in [0, 0.1) is 0 Å². The predicted octanol–water partition coefficient (Wildman–Crippen LogP) is 1.29. The summed E-state index contributed by atoms with van der Waals surface area (Å²) < 4.78 is 30.1. The molecule has 0 amide bonds. The zero-order valence-electron chi connectivity index (χ0n) is 13.5. The summed E-state index contributed by atoms with van der Waals surface area (Å²) in [6.45, 7) is 1.43. The number of H-pyrrole nitrogens is 1. The lowest BCUT2D eigenvalue weighted by molar-refractivity contribution is 0.258. The lowest BCUT2D eigenvalue weighted by Crippen LogP contribution is -2.49. The number of halogens is 1. The third-order valence-electron chi connectivity index (χ3n) is 4.42. The molecule has 132 valence electrons. The second-order valence-electron chi connectivity index (χ2n) is 5.90. The molecule has 10 heteroatoms. The molecule has 0 aromatic carbocycles. The van der Waals surface area contributed by atoms with Crippen molar-refractivity contribution in [1.82, 2.24) is 29.1 Å². The molecular formula is C15H17ClN6O2S. The van der Waals surface area contributed by atoms with E-state index in [9.17, 15) is 8.42 Å². The van der Waals surface area contributed by atoms with E-state index in [-0.39, 0.29) is 10.9 Å². The summed E-state index contributed by atoms with van der Waals surface area (Å²) in [6.07, 6.45) is 6.47. The van der Waals surface area contributed by atoms with Crippen molar-refractivity contribution in [3.05, 3.63) is 41.7 Å². The minimum Gasteiger partial charge on any atom is -0.345 e. The number of rotatable bonds is 3. The van der Waals surface area contributed by atoms with Gasteiger partial charge in [-0.1, -0.05) is 11.6 Å². The van der Waals surface area contributed by atoms with Crippen LogP contribution in [0.4, 0.5) is 0 Å². The van der Waals surface area contributed by atoms with Crippen molar-refractivity contribution in [3.63, 3.8) is 0 Å². The van der Waals surface area contributed by atoms with Crippen LogP contribution in [0.5, 0.6) is 0 Å². The fourth-order valence-corrected chi connectivity index (χ4v) is 5.27. The molecule has 3 aromatic rings. The third kappa shape index (κ3) is 2.63. The fraction of sp³-hybridized carbons (Fsp3) is 0.333. The normalized spacial score (nSPS) is 19.5. The van der Waals surface area contributed by atoms with Crippen LogP contribution in [0.2, 0.25) is 5.02 Å². The molecule has 1 unspecified atom stereocenters. The molecule has 4 rings (SSSR count). The summed E-state index contributed by atoms with van der Waals surface area (Å²) in [4.78, 5) is 11.5. The molecule has 0 spiro atoms. The number of imidazole rings is 1. The third-order valence-corrected chi connectivity index (χ3v) is 6.67. The van der Waals surface area contributed by atoms with Gasteiger partial charge in [-0.3, -0.25) is 0 Å². The van der Waals surface area contributed by atoms with Gasteiger partial charge < -0.3 is 14.9 Å². The van der Waals surface area contributed by atoms with E-state index in [4.69, 9.17) is 11.6 Å². The molecule has 8 nitrogen and oxygen atoms in total. The molecule has 4 heterocycles. The van der Waals surface area contributed by atoms with Crippen molar-refractivity contribution < 1.29 is 8.42 Å². The van der Waals surface area contributed by atoms with Crippen molar-refractivity contribution in [1.29, 1.82) is 0 Å². The van der Waals surface area contributed by atoms with Gasteiger partial charge in [0.1, 0.15) is 16.4 Å². The van der Waals surface area contributed by atoms with Crippen LogP contribution < -0.4 is 5.32 Å². The van der Waals surface area contributed by atoms with Crippen LogP contribution in [-0.2, 0) is 17.1 Å². The van der Waals surface area contributed by atoms with Crippen LogP contribution >= 0.6 is 11.6 Å². The fourth-order valence-electron chi connectivity index (χ4n) is 3.21. The first-order valence-corrected chi connectivity index (χ1v) is 9.63. The summed E-state index contributed by atoms with van der Waals surface area (Å²) >= 11 is 6.24. The minimum absolute atomic E-state index is 0.140. The number of aromatic amines is 1. The summed E-state index contributed by atoms with van der Waals surface area (Å²) in [7, 11) is -1.92. The van der Waals surface area contributed by atoms with Gasteiger partial charge in [-0.05, 0) is 6.07 Å². The van der Waals surface area contributed by atoms with Gasteiger partial charge >= 0.3 is 0 Å². The van der Waals surface area contributed by atoms with Gasteiger partial charge in [-0.15, -0.1) is 0 Å². The smallest absolute Gasteiger partial charge is 0.246 e. The zero-order valence-corrected chi connectivity index (χ0v) is 15.0. The Morgan fingerprint density at radius 3 is 2.92 bits per heavy atom.